The summed E-state index contributed by atoms with van der Waals surface area (Å²) >= 11 is 0. The van der Waals surface area contributed by atoms with Crippen LogP contribution in [-0.4, -0.2) is 39.1 Å². The molecular formula is C21H27N3O4. The zero-order valence-corrected chi connectivity index (χ0v) is 16.7. The lowest BCUT2D eigenvalue weighted by Gasteiger charge is -2.13. The summed E-state index contributed by atoms with van der Waals surface area (Å²) in [5, 5.41) is 8.71. The minimum absolute atomic E-state index is 0.104. The SMILES string of the molecule is CCNC(=O)c1ccc(C)c(NCC(=O)NCc2ccc(OC)c(OC)c2)c1. The Labute approximate surface area is 165 Å². The van der Waals surface area contributed by atoms with Gasteiger partial charge in [-0.25, -0.2) is 0 Å². The van der Waals surface area contributed by atoms with Crippen molar-refractivity contribution >= 4 is 17.5 Å². The highest BCUT2D eigenvalue weighted by molar-refractivity contribution is 5.95. The van der Waals surface area contributed by atoms with Crippen LogP contribution in [0.25, 0.3) is 0 Å². The Bertz CT molecular complexity index is 836. The molecule has 0 bridgehead atoms. The van der Waals surface area contributed by atoms with Gasteiger partial charge in [-0.15, -0.1) is 0 Å². The Morgan fingerprint density at radius 2 is 1.71 bits per heavy atom. The molecule has 3 N–H and O–H groups in total. The highest BCUT2D eigenvalue weighted by atomic mass is 16.5. The Kier molecular flexibility index (Phi) is 7.68. The largest absolute Gasteiger partial charge is 0.493 e. The fourth-order valence-corrected chi connectivity index (χ4v) is 2.65. The minimum atomic E-state index is -0.155. The normalized spacial score (nSPS) is 10.1. The number of hydrogen-bond donors (Lipinski definition) is 3. The van der Waals surface area contributed by atoms with Gasteiger partial charge in [-0.1, -0.05) is 12.1 Å². The van der Waals surface area contributed by atoms with Crippen molar-refractivity contribution in [2.24, 2.45) is 0 Å². The number of aryl methyl sites for hydroxylation is 1. The van der Waals surface area contributed by atoms with E-state index in [-0.39, 0.29) is 18.4 Å². The molecule has 0 fully saturated rings. The van der Waals surface area contributed by atoms with Crippen molar-refractivity contribution in [2.75, 3.05) is 32.6 Å². The maximum absolute atomic E-state index is 12.2. The number of carbonyl (C=O) groups excluding carboxylic acids is 2. The van der Waals surface area contributed by atoms with Gasteiger partial charge < -0.3 is 25.4 Å². The molecule has 0 radical (unpaired) electrons. The molecule has 150 valence electrons. The molecule has 2 aromatic carbocycles. The number of nitrogens with one attached hydrogen (secondary N) is 3. The zero-order valence-electron chi connectivity index (χ0n) is 16.7. The molecule has 0 heterocycles. The number of rotatable bonds is 9. The van der Waals surface area contributed by atoms with Crippen molar-refractivity contribution < 1.29 is 19.1 Å². The molecule has 2 amide bonds. The van der Waals surface area contributed by atoms with Gasteiger partial charge >= 0.3 is 0 Å². The molecule has 0 aliphatic carbocycles. The maximum Gasteiger partial charge on any atom is 0.251 e. The van der Waals surface area contributed by atoms with Crippen LogP contribution in [0.1, 0.15) is 28.4 Å². The highest BCUT2D eigenvalue weighted by Gasteiger charge is 2.09. The number of ether oxygens (including phenoxy) is 2. The molecule has 2 aromatic rings. The van der Waals surface area contributed by atoms with E-state index in [2.05, 4.69) is 16.0 Å². The number of anilines is 1. The van der Waals surface area contributed by atoms with E-state index < -0.39 is 0 Å². The predicted molar refractivity (Wildman–Crippen MR) is 109 cm³/mol. The molecule has 0 unspecified atom stereocenters. The summed E-state index contributed by atoms with van der Waals surface area (Å²) in [4.78, 5) is 24.2. The summed E-state index contributed by atoms with van der Waals surface area (Å²) in [6.45, 7) is 4.83. The van der Waals surface area contributed by atoms with Crippen LogP contribution in [0.4, 0.5) is 5.69 Å². The van der Waals surface area contributed by atoms with Gasteiger partial charge in [-0.2, -0.15) is 0 Å². The van der Waals surface area contributed by atoms with Crippen molar-refractivity contribution in [3.63, 3.8) is 0 Å². The van der Waals surface area contributed by atoms with Crippen LogP contribution in [0.3, 0.4) is 0 Å². The molecule has 0 spiro atoms. The number of carbonyl (C=O) groups is 2. The van der Waals surface area contributed by atoms with E-state index in [1.54, 1.807) is 32.4 Å². The highest BCUT2D eigenvalue weighted by Crippen LogP contribution is 2.27. The van der Waals surface area contributed by atoms with E-state index in [1.165, 1.54) is 0 Å². The predicted octanol–water partition coefficient (Wildman–Crippen LogP) is 2.49. The Balaban J connectivity index is 1.92. The molecule has 0 aliphatic heterocycles. The van der Waals surface area contributed by atoms with Crippen LogP contribution in [-0.2, 0) is 11.3 Å². The van der Waals surface area contributed by atoms with Gasteiger partial charge in [-0.3, -0.25) is 9.59 Å². The van der Waals surface area contributed by atoms with Gasteiger partial charge in [-0.05, 0) is 49.2 Å². The monoisotopic (exact) mass is 385 g/mol. The molecule has 0 saturated heterocycles. The first-order valence-corrected chi connectivity index (χ1v) is 9.08. The van der Waals surface area contributed by atoms with E-state index in [9.17, 15) is 9.59 Å². The second-order valence-corrected chi connectivity index (χ2v) is 6.21. The fraction of sp³-hybridized carbons (Fsp3) is 0.333. The summed E-state index contributed by atoms with van der Waals surface area (Å²) in [7, 11) is 3.15. The molecule has 0 aliphatic rings. The lowest BCUT2D eigenvalue weighted by molar-refractivity contribution is -0.119. The van der Waals surface area contributed by atoms with Crippen LogP contribution in [0.2, 0.25) is 0 Å². The second-order valence-electron chi connectivity index (χ2n) is 6.21. The van der Waals surface area contributed by atoms with E-state index in [0.717, 1.165) is 16.8 Å². The van der Waals surface area contributed by atoms with Crippen molar-refractivity contribution in [1.29, 1.82) is 0 Å². The van der Waals surface area contributed by atoms with Crippen LogP contribution in [0.15, 0.2) is 36.4 Å². The average molecular weight is 385 g/mol. The summed E-state index contributed by atoms with van der Waals surface area (Å²) in [5.41, 5.74) is 3.17. The van der Waals surface area contributed by atoms with Crippen molar-refractivity contribution in [3.8, 4) is 11.5 Å². The summed E-state index contributed by atoms with van der Waals surface area (Å²) in [5.74, 6) is 0.966. The van der Waals surface area contributed by atoms with E-state index in [4.69, 9.17) is 9.47 Å². The standard InChI is InChI=1S/C21H27N3O4/c1-5-22-21(26)16-8-6-14(2)17(11-16)23-13-20(25)24-12-15-7-9-18(27-3)19(10-15)28-4/h6-11,23H,5,12-13H2,1-4H3,(H,22,26)(H,24,25). The lowest BCUT2D eigenvalue weighted by atomic mass is 10.1. The Morgan fingerprint density at radius 1 is 0.964 bits per heavy atom. The molecule has 0 aromatic heterocycles. The Morgan fingerprint density at radius 3 is 2.39 bits per heavy atom. The van der Waals surface area contributed by atoms with Gasteiger partial charge in [0.05, 0.1) is 20.8 Å². The molecule has 0 atom stereocenters. The third-order valence-electron chi connectivity index (χ3n) is 4.21. The number of amides is 2. The van der Waals surface area contributed by atoms with E-state index in [1.807, 2.05) is 32.0 Å². The number of hydrogen-bond acceptors (Lipinski definition) is 5. The van der Waals surface area contributed by atoms with E-state index in [0.29, 0.717) is 30.2 Å². The summed E-state index contributed by atoms with van der Waals surface area (Å²) < 4.78 is 10.5. The molecule has 28 heavy (non-hydrogen) atoms. The molecule has 0 saturated carbocycles. The van der Waals surface area contributed by atoms with Crippen LogP contribution >= 0.6 is 0 Å². The van der Waals surface area contributed by atoms with Crippen molar-refractivity contribution in [3.05, 3.63) is 53.1 Å². The topological polar surface area (TPSA) is 88.7 Å². The van der Waals surface area contributed by atoms with Gasteiger partial charge in [0.25, 0.3) is 5.91 Å². The summed E-state index contributed by atoms with van der Waals surface area (Å²) in [6, 6.07) is 10.9. The zero-order chi connectivity index (χ0) is 20.5. The minimum Gasteiger partial charge on any atom is -0.493 e. The van der Waals surface area contributed by atoms with Gasteiger partial charge in [0.15, 0.2) is 11.5 Å². The van der Waals surface area contributed by atoms with Gasteiger partial charge in [0, 0.05) is 24.3 Å². The third-order valence-corrected chi connectivity index (χ3v) is 4.21. The van der Waals surface area contributed by atoms with Crippen LogP contribution in [0, 0.1) is 6.92 Å². The lowest BCUT2D eigenvalue weighted by Crippen LogP contribution is -2.29. The van der Waals surface area contributed by atoms with Crippen molar-refractivity contribution in [2.45, 2.75) is 20.4 Å². The number of methoxy groups -OCH3 is 2. The molecule has 7 nitrogen and oxygen atoms in total. The second kappa shape index (κ2) is 10.2. The first-order chi connectivity index (χ1) is 13.5. The smallest absolute Gasteiger partial charge is 0.251 e. The fourth-order valence-electron chi connectivity index (χ4n) is 2.65. The Hall–Kier alpha value is -3.22. The van der Waals surface area contributed by atoms with Crippen LogP contribution in [0.5, 0.6) is 11.5 Å². The molecule has 7 heteroatoms. The number of benzene rings is 2. The van der Waals surface area contributed by atoms with Crippen molar-refractivity contribution in [1.82, 2.24) is 10.6 Å². The summed E-state index contributed by atoms with van der Waals surface area (Å²) in [6.07, 6.45) is 0. The maximum atomic E-state index is 12.2. The molecule has 2 rings (SSSR count). The van der Waals surface area contributed by atoms with Gasteiger partial charge in [0.2, 0.25) is 5.91 Å². The van der Waals surface area contributed by atoms with Crippen LogP contribution < -0.4 is 25.4 Å². The first-order valence-electron chi connectivity index (χ1n) is 9.08. The quantitative estimate of drug-likeness (QED) is 0.617. The van der Waals surface area contributed by atoms with Gasteiger partial charge in [0.1, 0.15) is 0 Å². The van der Waals surface area contributed by atoms with E-state index >= 15 is 0 Å². The first kappa shape index (κ1) is 21.1. The third kappa shape index (κ3) is 5.64. The average Bonchev–Trinajstić information content (AvgIpc) is 2.71. The molecular weight excluding hydrogens is 358 g/mol.